The maximum atomic E-state index is 12.4. The number of carbonyl (C=O) groups excluding carboxylic acids is 1. The lowest BCUT2D eigenvalue weighted by molar-refractivity contribution is -0.142. The average Bonchev–Trinajstić information content (AvgIpc) is 3.40. The number of amides is 1. The number of nitrogens with one attached hydrogen (secondary N) is 1. The van der Waals surface area contributed by atoms with Crippen LogP contribution in [0.3, 0.4) is 0 Å². The van der Waals surface area contributed by atoms with Crippen molar-refractivity contribution in [3.05, 3.63) is 48.5 Å². The van der Waals surface area contributed by atoms with Crippen LogP contribution < -0.4 is 5.32 Å². The Bertz CT molecular complexity index is 717. The van der Waals surface area contributed by atoms with Gasteiger partial charge < -0.3 is 19.5 Å². The SMILES string of the molecule is O=C(C1CCCO1)N1CCC(NCc2ccccc2-n2ccnc2)CC1. The van der Waals surface area contributed by atoms with E-state index in [9.17, 15) is 4.79 Å². The van der Waals surface area contributed by atoms with Crippen LogP contribution in [0.5, 0.6) is 0 Å². The lowest BCUT2D eigenvalue weighted by Crippen LogP contribution is -2.47. The van der Waals surface area contributed by atoms with Gasteiger partial charge in [-0.15, -0.1) is 0 Å². The fraction of sp³-hybridized carbons (Fsp3) is 0.500. The van der Waals surface area contributed by atoms with E-state index in [1.165, 1.54) is 5.56 Å². The van der Waals surface area contributed by atoms with Crippen molar-refractivity contribution in [3.63, 3.8) is 0 Å². The number of piperidine rings is 1. The molecule has 26 heavy (non-hydrogen) atoms. The number of rotatable bonds is 5. The highest BCUT2D eigenvalue weighted by atomic mass is 16.5. The molecule has 1 unspecified atom stereocenters. The lowest BCUT2D eigenvalue weighted by Gasteiger charge is -2.34. The molecule has 1 amide bonds. The van der Waals surface area contributed by atoms with E-state index >= 15 is 0 Å². The summed E-state index contributed by atoms with van der Waals surface area (Å²) in [6.07, 6.45) is 9.26. The Morgan fingerprint density at radius 2 is 2.08 bits per heavy atom. The maximum Gasteiger partial charge on any atom is 0.251 e. The molecule has 1 aromatic carbocycles. The molecule has 0 aliphatic carbocycles. The number of imidazole rings is 1. The first-order valence-electron chi connectivity index (χ1n) is 9.51. The van der Waals surface area contributed by atoms with Gasteiger partial charge in [0.15, 0.2) is 0 Å². The van der Waals surface area contributed by atoms with Crippen LogP contribution in [-0.2, 0) is 16.1 Å². The van der Waals surface area contributed by atoms with Gasteiger partial charge in [-0.3, -0.25) is 4.79 Å². The van der Waals surface area contributed by atoms with Crippen molar-refractivity contribution in [3.8, 4) is 5.69 Å². The van der Waals surface area contributed by atoms with Crippen molar-refractivity contribution in [1.82, 2.24) is 19.8 Å². The number of hydrogen-bond acceptors (Lipinski definition) is 4. The van der Waals surface area contributed by atoms with Crippen LogP contribution in [0.25, 0.3) is 5.69 Å². The summed E-state index contributed by atoms with van der Waals surface area (Å²) < 4.78 is 7.58. The molecule has 4 rings (SSSR count). The van der Waals surface area contributed by atoms with Crippen molar-refractivity contribution in [2.75, 3.05) is 19.7 Å². The Kier molecular flexibility index (Phi) is 5.32. The van der Waals surface area contributed by atoms with Crippen molar-refractivity contribution < 1.29 is 9.53 Å². The monoisotopic (exact) mass is 354 g/mol. The van der Waals surface area contributed by atoms with Gasteiger partial charge in [-0.25, -0.2) is 4.98 Å². The van der Waals surface area contributed by atoms with Gasteiger partial charge in [0, 0.05) is 44.7 Å². The quantitative estimate of drug-likeness (QED) is 0.894. The molecule has 1 N–H and O–H groups in total. The first-order chi connectivity index (χ1) is 12.8. The number of likely N-dealkylation sites (tertiary alicyclic amines) is 1. The van der Waals surface area contributed by atoms with Crippen molar-refractivity contribution in [2.24, 2.45) is 0 Å². The highest BCUT2D eigenvalue weighted by Gasteiger charge is 2.30. The Balaban J connectivity index is 1.30. The van der Waals surface area contributed by atoms with Gasteiger partial charge in [0.2, 0.25) is 0 Å². The van der Waals surface area contributed by atoms with Gasteiger partial charge in [0.25, 0.3) is 5.91 Å². The second kappa shape index (κ2) is 8.01. The van der Waals surface area contributed by atoms with E-state index in [-0.39, 0.29) is 12.0 Å². The summed E-state index contributed by atoms with van der Waals surface area (Å²) in [5.74, 6) is 0.186. The molecular weight excluding hydrogens is 328 g/mol. The summed E-state index contributed by atoms with van der Waals surface area (Å²) >= 11 is 0. The number of aromatic nitrogens is 2. The maximum absolute atomic E-state index is 12.4. The Morgan fingerprint density at radius 1 is 1.23 bits per heavy atom. The third-order valence-electron chi connectivity index (χ3n) is 5.37. The number of hydrogen-bond donors (Lipinski definition) is 1. The first-order valence-corrected chi connectivity index (χ1v) is 9.51. The molecule has 2 aliphatic rings. The molecule has 0 radical (unpaired) electrons. The van der Waals surface area contributed by atoms with Gasteiger partial charge >= 0.3 is 0 Å². The molecule has 0 bridgehead atoms. The van der Waals surface area contributed by atoms with E-state index < -0.39 is 0 Å². The Hall–Kier alpha value is -2.18. The summed E-state index contributed by atoms with van der Waals surface area (Å²) in [5.41, 5.74) is 2.41. The van der Waals surface area contributed by atoms with Crippen LogP contribution in [0.2, 0.25) is 0 Å². The highest BCUT2D eigenvalue weighted by Crippen LogP contribution is 2.19. The lowest BCUT2D eigenvalue weighted by atomic mass is 10.0. The molecule has 138 valence electrons. The molecule has 0 spiro atoms. The van der Waals surface area contributed by atoms with E-state index in [0.717, 1.165) is 57.6 Å². The van der Waals surface area contributed by atoms with E-state index in [4.69, 9.17) is 4.74 Å². The first kappa shape index (κ1) is 17.2. The number of carbonyl (C=O) groups is 1. The molecular formula is C20H26N4O2. The van der Waals surface area contributed by atoms with Gasteiger partial charge in [-0.1, -0.05) is 18.2 Å². The molecule has 1 atom stereocenters. The van der Waals surface area contributed by atoms with E-state index in [2.05, 4.69) is 28.5 Å². The smallest absolute Gasteiger partial charge is 0.251 e. The molecule has 2 saturated heterocycles. The van der Waals surface area contributed by atoms with Crippen LogP contribution in [0.1, 0.15) is 31.2 Å². The second-order valence-electron chi connectivity index (χ2n) is 7.08. The number of ether oxygens (including phenoxy) is 1. The molecule has 6 nitrogen and oxygen atoms in total. The fourth-order valence-corrected chi connectivity index (χ4v) is 3.85. The second-order valence-corrected chi connectivity index (χ2v) is 7.08. The summed E-state index contributed by atoms with van der Waals surface area (Å²) in [6.45, 7) is 3.18. The van der Waals surface area contributed by atoms with Gasteiger partial charge in [-0.05, 0) is 37.3 Å². The van der Waals surface area contributed by atoms with Crippen LogP contribution >= 0.6 is 0 Å². The van der Waals surface area contributed by atoms with Crippen molar-refractivity contribution >= 4 is 5.91 Å². The minimum absolute atomic E-state index is 0.186. The van der Waals surface area contributed by atoms with Crippen molar-refractivity contribution in [1.29, 1.82) is 0 Å². The predicted octanol–water partition coefficient (Wildman–Crippen LogP) is 2.13. The summed E-state index contributed by atoms with van der Waals surface area (Å²) in [4.78, 5) is 18.6. The Labute approximate surface area is 154 Å². The van der Waals surface area contributed by atoms with Crippen LogP contribution in [0.15, 0.2) is 43.0 Å². The summed E-state index contributed by atoms with van der Waals surface area (Å²) in [5, 5.41) is 3.67. The zero-order chi connectivity index (χ0) is 17.8. The number of para-hydroxylation sites is 1. The summed E-state index contributed by atoms with van der Waals surface area (Å²) in [7, 11) is 0. The minimum Gasteiger partial charge on any atom is -0.368 e. The number of nitrogens with zero attached hydrogens (tertiary/aromatic N) is 3. The molecule has 2 aromatic rings. The third kappa shape index (κ3) is 3.81. The van der Waals surface area contributed by atoms with Gasteiger partial charge in [0.1, 0.15) is 6.10 Å². The topological polar surface area (TPSA) is 59.4 Å². The fourth-order valence-electron chi connectivity index (χ4n) is 3.85. The molecule has 1 aromatic heterocycles. The zero-order valence-corrected chi connectivity index (χ0v) is 15.0. The molecule has 0 saturated carbocycles. The molecule has 2 fully saturated rings. The number of benzene rings is 1. The molecule has 2 aliphatic heterocycles. The van der Waals surface area contributed by atoms with Crippen LogP contribution in [0, 0.1) is 0 Å². The minimum atomic E-state index is -0.193. The van der Waals surface area contributed by atoms with E-state index in [1.54, 1.807) is 6.20 Å². The highest BCUT2D eigenvalue weighted by molar-refractivity contribution is 5.81. The average molecular weight is 354 g/mol. The van der Waals surface area contributed by atoms with E-state index in [0.29, 0.717) is 6.04 Å². The summed E-state index contributed by atoms with van der Waals surface area (Å²) in [6, 6.07) is 8.83. The van der Waals surface area contributed by atoms with Crippen LogP contribution in [0.4, 0.5) is 0 Å². The van der Waals surface area contributed by atoms with E-state index in [1.807, 2.05) is 28.1 Å². The molecule has 3 heterocycles. The van der Waals surface area contributed by atoms with Gasteiger partial charge in [-0.2, -0.15) is 0 Å². The normalized spacial score (nSPS) is 21.2. The Morgan fingerprint density at radius 3 is 2.81 bits per heavy atom. The standard InChI is InChI=1S/C20H26N4O2/c25-20(19-6-3-13-26-19)23-10-7-17(8-11-23)22-14-16-4-1-2-5-18(16)24-12-9-21-15-24/h1-2,4-5,9,12,15,17,19,22H,3,6-8,10-11,13-14H2. The zero-order valence-electron chi connectivity index (χ0n) is 15.0. The predicted molar refractivity (Wildman–Crippen MR) is 99.0 cm³/mol. The van der Waals surface area contributed by atoms with Gasteiger partial charge in [0.05, 0.1) is 12.0 Å². The van der Waals surface area contributed by atoms with Crippen molar-refractivity contribution in [2.45, 2.75) is 44.4 Å². The third-order valence-corrected chi connectivity index (χ3v) is 5.37. The van der Waals surface area contributed by atoms with Crippen LogP contribution in [-0.4, -0.2) is 52.2 Å². The molecule has 6 heteroatoms. The largest absolute Gasteiger partial charge is 0.368 e.